The lowest BCUT2D eigenvalue weighted by molar-refractivity contribution is -0.121. The second-order valence-corrected chi connectivity index (χ2v) is 8.12. The summed E-state index contributed by atoms with van der Waals surface area (Å²) in [5.74, 6) is 0.414. The Morgan fingerprint density at radius 3 is 2.61 bits per heavy atom. The number of carbonyl (C=O) groups excluding carboxylic acids is 1. The first-order valence-corrected chi connectivity index (χ1v) is 10.6. The second-order valence-electron chi connectivity index (χ2n) is 7.24. The Morgan fingerprint density at radius 1 is 1.13 bits per heavy atom. The topological polar surface area (TPSA) is 76.7 Å². The molecule has 0 saturated heterocycles. The first-order chi connectivity index (χ1) is 15.0. The quantitative estimate of drug-likeness (QED) is 0.528. The maximum Gasteiger partial charge on any atom is 0.222 e. The standard InChI is InChI=1S/C23H21Cl2N3O3/c1-13-21-17-8-7-16(25)11-18(17)22(14-3-5-15(24)6-4-14)27-19(23(21)31-28-13)12-20(29)26-9-10-30-2/h3-8,11,19H,9-10,12H2,1-2H3,(H,26,29)/t19-/m0/s1. The molecule has 3 aromatic rings. The second kappa shape index (κ2) is 9.22. The number of rotatable bonds is 6. The van der Waals surface area contributed by atoms with Gasteiger partial charge >= 0.3 is 0 Å². The highest BCUT2D eigenvalue weighted by molar-refractivity contribution is 6.32. The molecule has 1 N–H and O–H groups in total. The molecule has 0 spiro atoms. The summed E-state index contributed by atoms with van der Waals surface area (Å²) in [6.07, 6.45) is 0.115. The van der Waals surface area contributed by atoms with Crippen molar-refractivity contribution in [2.24, 2.45) is 4.99 Å². The van der Waals surface area contributed by atoms with E-state index in [-0.39, 0.29) is 12.3 Å². The van der Waals surface area contributed by atoms with Crippen LogP contribution in [0.4, 0.5) is 0 Å². The van der Waals surface area contributed by atoms with Crippen LogP contribution in [0.15, 0.2) is 52.0 Å². The Hall–Kier alpha value is -2.67. The van der Waals surface area contributed by atoms with E-state index in [0.717, 1.165) is 33.7 Å². The first-order valence-electron chi connectivity index (χ1n) is 9.83. The minimum atomic E-state index is -0.546. The lowest BCUT2D eigenvalue weighted by Crippen LogP contribution is -2.28. The molecule has 0 unspecified atom stereocenters. The van der Waals surface area contributed by atoms with Crippen LogP contribution in [0.1, 0.15) is 35.0 Å². The third-order valence-corrected chi connectivity index (χ3v) is 5.59. The van der Waals surface area contributed by atoms with Gasteiger partial charge in [-0.05, 0) is 36.8 Å². The molecule has 0 aliphatic carbocycles. The molecule has 8 heteroatoms. The highest BCUT2D eigenvalue weighted by Gasteiger charge is 2.31. The van der Waals surface area contributed by atoms with E-state index in [1.165, 1.54) is 0 Å². The van der Waals surface area contributed by atoms with Crippen LogP contribution in [-0.2, 0) is 9.53 Å². The number of hydrogen-bond acceptors (Lipinski definition) is 5. The van der Waals surface area contributed by atoms with E-state index >= 15 is 0 Å². The molecule has 1 atom stereocenters. The van der Waals surface area contributed by atoms with E-state index in [4.69, 9.17) is 37.5 Å². The molecule has 2 heterocycles. The summed E-state index contributed by atoms with van der Waals surface area (Å²) in [6, 6.07) is 12.5. The van der Waals surface area contributed by atoms with Gasteiger partial charge < -0.3 is 14.6 Å². The van der Waals surface area contributed by atoms with E-state index in [0.29, 0.717) is 29.0 Å². The minimum Gasteiger partial charge on any atom is -0.383 e. The maximum absolute atomic E-state index is 12.6. The average molecular weight is 458 g/mol. The number of ether oxygens (including phenoxy) is 1. The lowest BCUT2D eigenvalue weighted by atomic mass is 9.93. The Kier molecular flexibility index (Phi) is 6.41. The summed E-state index contributed by atoms with van der Waals surface area (Å²) >= 11 is 12.4. The van der Waals surface area contributed by atoms with Gasteiger partial charge in [-0.1, -0.05) is 46.6 Å². The monoisotopic (exact) mass is 457 g/mol. The van der Waals surface area contributed by atoms with Gasteiger partial charge in [-0.2, -0.15) is 0 Å². The van der Waals surface area contributed by atoms with Crippen LogP contribution >= 0.6 is 23.2 Å². The molecule has 31 heavy (non-hydrogen) atoms. The van der Waals surface area contributed by atoms with Gasteiger partial charge in [0.05, 0.1) is 30.0 Å². The van der Waals surface area contributed by atoms with Crippen LogP contribution in [0.3, 0.4) is 0 Å². The van der Waals surface area contributed by atoms with Gasteiger partial charge in [0.1, 0.15) is 6.04 Å². The van der Waals surface area contributed by atoms with Gasteiger partial charge in [0.15, 0.2) is 5.76 Å². The highest BCUT2D eigenvalue weighted by Crippen LogP contribution is 2.41. The minimum absolute atomic E-state index is 0.115. The van der Waals surface area contributed by atoms with Crippen molar-refractivity contribution in [3.05, 3.63) is 75.1 Å². The molecule has 0 bridgehead atoms. The molecule has 1 amide bonds. The molecule has 0 fully saturated rings. The highest BCUT2D eigenvalue weighted by atomic mass is 35.5. The first kappa shape index (κ1) is 21.6. The third kappa shape index (κ3) is 4.51. The van der Waals surface area contributed by atoms with Crippen molar-refractivity contribution in [1.82, 2.24) is 10.5 Å². The number of nitrogens with zero attached hydrogens (tertiary/aromatic N) is 2. The Morgan fingerprint density at radius 2 is 1.87 bits per heavy atom. The number of carbonyl (C=O) groups is 1. The van der Waals surface area contributed by atoms with Crippen molar-refractivity contribution in [3.8, 4) is 11.1 Å². The number of hydrogen-bond donors (Lipinski definition) is 1. The average Bonchev–Trinajstić information content (AvgIpc) is 3.07. The Bertz CT molecular complexity index is 1140. The van der Waals surface area contributed by atoms with Crippen molar-refractivity contribution in [2.45, 2.75) is 19.4 Å². The number of methoxy groups -OCH3 is 1. The number of aryl methyl sites for hydroxylation is 1. The maximum atomic E-state index is 12.6. The SMILES string of the molecule is COCCNC(=O)C[C@@H]1N=C(c2ccc(Cl)cc2)c2cc(Cl)ccc2-c2c(C)noc21. The fourth-order valence-electron chi connectivity index (χ4n) is 3.67. The van der Waals surface area contributed by atoms with Crippen molar-refractivity contribution in [3.63, 3.8) is 0 Å². The molecule has 0 saturated carbocycles. The zero-order valence-electron chi connectivity index (χ0n) is 17.1. The lowest BCUT2D eigenvalue weighted by Gasteiger charge is -2.13. The van der Waals surface area contributed by atoms with Crippen LogP contribution in [0.25, 0.3) is 11.1 Å². The molecule has 1 aromatic heterocycles. The van der Waals surface area contributed by atoms with Crippen molar-refractivity contribution >= 4 is 34.8 Å². The molecule has 4 rings (SSSR count). The van der Waals surface area contributed by atoms with Crippen LogP contribution in [-0.4, -0.2) is 37.0 Å². The molecule has 6 nitrogen and oxygen atoms in total. The predicted octanol–water partition coefficient (Wildman–Crippen LogP) is 5.00. The van der Waals surface area contributed by atoms with Gasteiger partial charge in [0.2, 0.25) is 5.91 Å². The Balaban J connectivity index is 1.84. The third-order valence-electron chi connectivity index (χ3n) is 5.11. The number of nitrogens with one attached hydrogen (secondary N) is 1. The van der Waals surface area contributed by atoms with Crippen molar-refractivity contribution < 1.29 is 14.1 Å². The number of benzene rings is 2. The summed E-state index contributed by atoms with van der Waals surface area (Å²) in [7, 11) is 1.59. The molecule has 1 aliphatic heterocycles. The molecular weight excluding hydrogens is 437 g/mol. The summed E-state index contributed by atoms with van der Waals surface area (Å²) in [4.78, 5) is 17.6. The predicted molar refractivity (Wildman–Crippen MR) is 121 cm³/mol. The number of fused-ring (bicyclic) bond motifs is 3. The molecule has 2 aromatic carbocycles. The fourth-order valence-corrected chi connectivity index (χ4v) is 3.97. The number of aromatic nitrogens is 1. The van der Waals surface area contributed by atoms with E-state index in [1.807, 2.05) is 49.4 Å². The normalized spacial score (nSPS) is 15.0. The molecule has 160 valence electrons. The van der Waals surface area contributed by atoms with Gasteiger partial charge in [-0.25, -0.2) is 0 Å². The summed E-state index contributed by atoms with van der Waals surface area (Å²) in [5.41, 5.74) is 4.92. The van der Waals surface area contributed by atoms with Crippen LogP contribution in [0, 0.1) is 6.92 Å². The molecule has 1 aliphatic rings. The fraction of sp³-hybridized carbons (Fsp3) is 0.261. The van der Waals surface area contributed by atoms with E-state index in [1.54, 1.807) is 7.11 Å². The van der Waals surface area contributed by atoms with E-state index in [2.05, 4.69) is 10.5 Å². The summed E-state index contributed by atoms with van der Waals surface area (Å²) < 4.78 is 10.7. The van der Waals surface area contributed by atoms with Gasteiger partial charge in [0, 0.05) is 34.8 Å². The van der Waals surface area contributed by atoms with Gasteiger partial charge in [0.25, 0.3) is 0 Å². The summed E-state index contributed by atoms with van der Waals surface area (Å²) in [5, 5.41) is 8.22. The van der Waals surface area contributed by atoms with Crippen LogP contribution in [0.2, 0.25) is 10.0 Å². The smallest absolute Gasteiger partial charge is 0.222 e. The van der Waals surface area contributed by atoms with E-state index < -0.39 is 6.04 Å². The zero-order valence-corrected chi connectivity index (χ0v) is 18.6. The van der Waals surface area contributed by atoms with Crippen LogP contribution in [0.5, 0.6) is 0 Å². The molecular formula is C23H21Cl2N3O3. The number of amides is 1. The van der Waals surface area contributed by atoms with Crippen LogP contribution < -0.4 is 5.32 Å². The Labute approximate surface area is 190 Å². The largest absolute Gasteiger partial charge is 0.383 e. The number of aliphatic imine (C=N–C) groups is 1. The summed E-state index contributed by atoms with van der Waals surface area (Å²) in [6.45, 7) is 2.74. The molecule has 0 radical (unpaired) electrons. The van der Waals surface area contributed by atoms with Crippen molar-refractivity contribution in [1.29, 1.82) is 0 Å². The van der Waals surface area contributed by atoms with Gasteiger partial charge in [-0.15, -0.1) is 0 Å². The van der Waals surface area contributed by atoms with Gasteiger partial charge in [-0.3, -0.25) is 9.79 Å². The zero-order chi connectivity index (χ0) is 22.0. The number of halogens is 2. The van der Waals surface area contributed by atoms with E-state index in [9.17, 15) is 4.79 Å². The van der Waals surface area contributed by atoms with Crippen molar-refractivity contribution in [2.75, 3.05) is 20.3 Å².